The van der Waals surface area contributed by atoms with Crippen molar-refractivity contribution < 1.29 is 4.79 Å². The van der Waals surface area contributed by atoms with E-state index in [0.29, 0.717) is 0 Å². The third kappa shape index (κ3) is 2.72. The lowest BCUT2D eigenvalue weighted by atomic mass is 10.2. The number of rotatable bonds is 4. The zero-order valence-electron chi connectivity index (χ0n) is 13.0. The van der Waals surface area contributed by atoms with Gasteiger partial charge in [-0.3, -0.25) is 4.79 Å². The Hall–Kier alpha value is -2.63. The highest BCUT2D eigenvalue weighted by Crippen LogP contribution is 2.20. The zero-order valence-corrected chi connectivity index (χ0v) is 13.0. The average molecular weight is 297 g/mol. The van der Waals surface area contributed by atoms with Crippen molar-refractivity contribution in [3.63, 3.8) is 0 Å². The summed E-state index contributed by atoms with van der Waals surface area (Å²) in [5.41, 5.74) is 2.73. The van der Waals surface area contributed by atoms with Crippen molar-refractivity contribution in [3.8, 4) is 0 Å². The first-order chi connectivity index (χ1) is 10.5. The number of hydrogen-bond acceptors (Lipinski definition) is 3. The van der Waals surface area contributed by atoms with E-state index in [4.69, 9.17) is 0 Å². The largest absolute Gasteiger partial charge is 0.335 e. The second-order valence-corrected chi connectivity index (χ2v) is 5.39. The summed E-state index contributed by atoms with van der Waals surface area (Å²) in [6, 6.07) is 5.79. The molecule has 2 heterocycles. The lowest BCUT2D eigenvalue weighted by Gasteiger charge is -2.05. The first kappa shape index (κ1) is 14.3. The number of amides is 1. The normalized spacial score (nSPS) is 11.0. The van der Waals surface area contributed by atoms with Crippen LogP contribution in [0.15, 0.2) is 30.6 Å². The Kier molecular flexibility index (Phi) is 3.66. The van der Waals surface area contributed by atoms with Crippen molar-refractivity contribution in [1.29, 1.82) is 0 Å². The van der Waals surface area contributed by atoms with E-state index in [1.165, 1.54) is 6.92 Å². The fraction of sp³-hybridized carbons (Fsp3) is 0.312. The van der Waals surface area contributed by atoms with Gasteiger partial charge in [0.2, 0.25) is 5.91 Å². The molecule has 1 aromatic carbocycles. The maximum atomic E-state index is 11.1. The van der Waals surface area contributed by atoms with Gasteiger partial charge in [0.05, 0.1) is 11.0 Å². The molecule has 0 aliphatic heterocycles. The van der Waals surface area contributed by atoms with Crippen LogP contribution in [-0.4, -0.2) is 25.0 Å². The number of carbonyl (C=O) groups excluding carboxylic acids is 1. The van der Waals surface area contributed by atoms with Gasteiger partial charge in [0.15, 0.2) is 0 Å². The molecule has 0 saturated carbocycles. The van der Waals surface area contributed by atoms with Gasteiger partial charge in [-0.15, -0.1) is 0 Å². The molecule has 0 fully saturated rings. The molecule has 22 heavy (non-hydrogen) atoms. The van der Waals surface area contributed by atoms with Crippen molar-refractivity contribution in [2.45, 2.75) is 26.8 Å². The highest BCUT2D eigenvalue weighted by atomic mass is 16.1. The van der Waals surface area contributed by atoms with Crippen molar-refractivity contribution in [3.05, 3.63) is 42.2 Å². The lowest BCUT2D eigenvalue weighted by Crippen LogP contribution is -2.06. The molecular weight excluding hydrogens is 278 g/mol. The van der Waals surface area contributed by atoms with Gasteiger partial charge in [0, 0.05) is 45.0 Å². The number of hydrogen-bond donors (Lipinski definition) is 1. The predicted molar refractivity (Wildman–Crippen MR) is 85.7 cm³/mol. The predicted octanol–water partition coefficient (Wildman–Crippen LogP) is 2.28. The molecular formula is C16H19N5O. The van der Waals surface area contributed by atoms with Crippen LogP contribution >= 0.6 is 0 Å². The Bertz CT molecular complexity index is 830. The van der Waals surface area contributed by atoms with Gasteiger partial charge in [-0.2, -0.15) is 0 Å². The summed E-state index contributed by atoms with van der Waals surface area (Å²) in [7, 11) is 2.02. The molecule has 2 aromatic heterocycles. The van der Waals surface area contributed by atoms with E-state index in [-0.39, 0.29) is 5.91 Å². The maximum Gasteiger partial charge on any atom is 0.221 e. The van der Waals surface area contributed by atoms with Crippen molar-refractivity contribution in [2.24, 2.45) is 7.05 Å². The van der Waals surface area contributed by atoms with Crippen molar-refractivity contribution >= 4 is 22.6 Å². The Morgan fingerprint density at radius 3 is 2.86 bits per heavy atom. The van der Waals surface area contributed by atoms with Crippen LogP contribution < -0.4 is 5.32 Å². The van der Waals surface area contributed by atoms with Gasteiger partial charge in [-0.25, -0.2) is 9.97 Å². The van der Waals surface area contributed by atoms with Crippen molar-refractivity contribution in [1.82, 2.24) is 19.1 Å². The molecule has 0 saturated heterocycles. The summed E-state index contributed by atoms with van der Waals surface area (Å²) in [5, 5.41) is 2.79. The Morgan fingerprint density at radius 1 is 1.36 bits per heavy atom. The quantitative estimate of drug-likeness (QED) is 0.803. The number of fused-ring (bicyclic) bond motifs is 1. The van der Waals surface area contributed by atoms with Crippen LogP contribution in [0.3, 0.4) is 0 Å². The molecule has 6 heteroatoms. The topological polar surface area (TPSA) is 64.7 Å². The maximum absolute atomic E-state index is 11.1. The van der Waals surface area contributed by atoms with Crippen LogP contribution in [0.4, 0.5) is 5.69 Å². The number of nitrogens with zero attached hydrogens (tertiary/aromatic N) is 4. The number of aryl methyl sites for hydroxylation is 4. The van der Waals surface area contributed by atoms with Crippen LogP contribution in [0, 0.1) is 6.92 Å². The molecule has 0 aliphatic rings. The first-order valence-electron chi connectivity index (χ1n) is 7.25. The van der Waals surface area contributed by atoms with Crippen molar-refractivity contribution in [2.75, 3.05) is 5.32 Å². The summed E-state index contributed by atoms with van der Waals surface area (Å²) in [5.74, 6) is 1.95. The molecule has 0 bridgehead atoms. The summed E-state index contributed by atoms with van der Waals surface area (Å²) < 4.78 is 4.21. The van der Waals surface area contributed by atoms with Gasteiger partial charge in [-0.1, -0.05) is 0 Å². The van der Waals surface area contributed by atoms with E-state index < -0.39 is 0 Å². The van der Waals surface area contributed by atoms with E-state index in [1.54, 1.807) is 0 Å². The molecule has 1 N–H and O–H groups in total. The molecule has 6 nitrogen and oxygen atoms in total. The van der Waals surface area contributed by atoms with E-state index in [2.05, 4.69) is 24.4 Å². The number of aromatic nitrogens is 4. The van der Waals surface area contributed by atoms with E-state index in [1.807, 2.05) is 44.6 Å². The number of carbonyl (C=O) groups is 1. The minimum atomic E-state index is -0.0777. The number of anilines is 1. The Labute approximate surface area is 128 Å². The van der Waals surface area contributed by atoms with Crippen LogP contribution in [-0.2, 0) is 24.8 Å². The highest BCUT2D eigenvalue weighted by molar-refractivity contribution is 5.91. The van der Waals surface area contributed by atoms with Gasteiger partial charge < -0.3 is 14.5 Å². The molecule has 0 spiro atoms. The number of benzene rings is 1. The summed E-state index contributed by atoms with van der Waals surface area (Å²) >= 11 is 0. The Morgan fingerprint density at radius 2 is 2.18 bits per heavy atom. The van der Waals surface area contributed by atoms with Crippen LogP contribution in [0.2, 0.25) is 0 Å². The standard InChI is InChI=1S/C16H19N5O/c1-11-17-7-9-21(11)8-6-16-19-14-10-13(18-12(2)22)4-5-15(14)20(16)3/h4-5,7,9-10H,6,8H2,1-3H3,(H,18,22). The summed E-state index contributed by atoms with van der Waals surface area (Å²) in [6.07, 6.45) is 4.62. The molecule has 0 atom stereocenters. The smallest absolute Gasteiger partial charge is 0.221 e. The van der Waals surface area contributed by atoms with E-state index in [0.717, 1.165) is 41.3 Å². The van der Waals surface area contributed by atoms with E-state index >= 15 is 0 Å². The fourth-order valence-corrected chi connectivity index (χ4v) is 2.61. The second kappa shape index (κ2) is 5.63. The molecule has 1 amide bonds. The number of nitrogens with one attached hydrogen (secondary N) is 1. The molecule has 3 aromatic rings. The first-order valence-corrected chi connectivity index (χ1v) is 7.25. The fourth-order valence-electron chi connectivity index (χ4n) is 2.61. The highest BCUT2D eigenvalue weighted by Gasteiger charge is 2.09. The van der Waals surface area contributed by atoms with Gasteiger partial charge in [-0.05, 0) is 25.1 Å². The molecule has 0 aliphatic carbocycles. The third-order valence-electron chi connectivity index (χ3n) is 3.79. The average Bonchev–Trinajstić information content (AvgIpc) is 3.00. The molecule has 3 rings (SSSR count). The SMILES string of the molecule is CC(=O)Nc1ccc2c(c1)nc(CCn1ccnc1C)n2C. The third-order valence-corrected chi connectivity index (χ3v) is 3.79. The zero-order chi connectivity index (χ0) is 15.7. The minimum Gasteiger partial charge on any atom is -0.335 e. The Balaban J connectivity index is 1.85. The van der Waals surface area contributed by atoms with Gasteiger partial charge in [0.25, 0.3) is 0 Å². The molecule has 114 valence electrons. The molecule has 0 unspecified atom stereocenters. The van der Waals surface area contributed by atoms with Gasteiger partial charge in [0.1, 0.15) is 11.6 Å². The minimum absolute atomic E-state index is 0.0777. The lowest BCUT2D eigenvalue weighted by molar-refractivity contribution is -0.114. The second-order valence-electron chi connectivity index (χ2n) is 5.39. The summed E-state index contributed by atoms with van der Waals surface area (Å²) in [6.45, 7) is 4.34. The monoisotopic (exact) mass is 297 g/mol. The van der Waals surface area contributed by atoms with E-state index in [9.17, 15) is 4.79 Å². The van der Waals surface area contributed by atoms with Crippen LogP contribution in [0.1, 0.15) is 18.6 Å². The summed E-state index contributed by atoms with van der Waals surface area (Å²) in [4.78, 5) is 20.1. The molecule has 0 radical (unpaired) electrons. The van der Waals surface area contributed by atoms with Crippen LogP contribution in [0.5, 0.6) is 0 Å². The number of imidazole rings is 2. The van der Waals surface area contributed by atoms with Gasteiger partial charge >= 0.3 is 0 Å². The van der Waals surface area contributed by atoms with Crippen LogP contribution in [0.25, 0.3) is 11.0 Å².